The van der Waals surface area contributed by atoms with Crippen molar-refractivity contribution in [2.45, 2.75) is 0 Å². The molecule has 0 amide bonds. The van der Waals surface area contributed by atoms with Crippen LogP contribution in [0.15, 0.2) is 132 Å². The van der Waals surface area contributed by atoms with Crippen molar-refractivity contribution in [2.75, 3.05) is 0 Å². The topological polar surface area (TPSA) is 104 Å². The molecule has 0 spiro atoms. The average Bonchev–Trinajstić information content (AvgIpc) is 3.80. The Bertz CT molecular complexity index is 2160. The van der Waals surface area contributed by atoms with Gasteiger partial charge in [0.05, 0.1) is 0 Å². The van der Waals surface area contributed by atoms with Gasteiger partial charge in [0.1, 0.15) is 23.9 Å². The van der Waals surface area contributed by atoms with Crippen molar-refractivity contribution < 1.29 is 8.83 Å². The Morgan fingerprint density at radius 3 is 1.43 bits per heavy atom. The highest BCUT2D eigenvalue weighted by molar-refractivity contribution is 6.20. The van der Waals surface area contributed by atoms with E-state index in [4.69, 9.17) is 28.8 Å². The number of hydrogen-bond acceptors (Lipinski definition) is 8. The molecule has 0 radical (unpaired) electrons. The van der Waals surface area contributed by atoms with E-state index < -0.39 is 0 Å². The SMILES string of the molecule is c1ccc(-c2ccc3c(-c4ncc(-c5cocn5)cn4)c4ccccc4c(-c4ncc(-c5cocn5)cn4)c3c2)cc1. The molecule has 8 aromatic rings. The lowest BCUT2D eigenvalue weighted by Crippen LogP contribution is -1.97. The van der Waals surface area contributed by atoms with E-state index >= 15 is 0 Å². The molecule has 0 aliphatic rings. The van der Waals surface area contributed by atoms with E-state index in [0.29, 0.717) is 23.0 Å². The zero-order chi connectivity index (χ0) is 27.9. The molecule has 0 saturated heterocycles. The maximum Gasteiger partial charge on any atom is 0.181 e. The van der Waals surface area contributed by atoms with Gasteiger partial charge in [-0.3, -0.25) is 0 Å². The molecule has 0 N–H and O–H groups in total. The third-order valence-electron chi connectivity index (χ3n) is 7.34. The largest absolute Gasteiger partial charge is 0.451 e. The number of benzene rings is 4. The number of hydrogen-bond donors (Lipinski definition) is 0. The third kappa shape index (κ3) is 4.01. The summed E-state index contributed by atoms with van der Waals surface area (Å²) in [7, 11) is 0. The summed E-state index contributed by atoms with van der Waals surface area (Å²) >= 11 is 0. The summed E-state index contributed by atoms with van der Waals surface area (Å²) in [6.45, 7) is 0. The van der Waals surface area contributed by atoms with Crippen molar-refractivity contribution in [2.24, 2.45) is 0 Å². The van der Waals surface area contributed by atoms with E-state index in [2.05, 4.69) is 52.4 Å². The molecular weight excluding hydrogens is 524 g/mol. The first-order chi connectivity index (χ1) is 20.8. The predicted octanol–water partition coefficient (Wildman–Crippen LogP) is 7.88. The van der Waals surface area contributed by atoms with Gasteiger partial charge in [-0.1, -0.05) is 66.7 Å². The smallest absolute Gasteiger partial charge is 0.181 e. The van der Waals surface area contributed by atoms with Crippen LogP contribution in [0, 0.1) is 0 Å². The number of fused-ring (bicyclic) bond motifs is 2. The van der Waals surface area contributed by atoms with Gasteiger partial charge in [-0.05, 0) is 38.7 Å². The minimum Gasteiger partial charge on any atom is -0.451 e. The number of rotatable bonds is 5. The molecule has 198 valence electrons. The molecular formula is C34H20N6O2. The van der Waals surface area contributed by atoms with Gasteiger partial charge in [-0.25, -0.2) is 29.9 Å². The number of aromatic nitrogens is 6. The van der Waals surface area contributed by atoms with Crippen LogP contribution in [0.2, 0.25) is 0 Å². The lowest BCUT2D eigenvalue weighted by Gasteiger charge is -2.17. The Balaban J connectivity index is 1.40. The fraction of sp³-hybridized carbons (Fsp3) is 0. The van der Waals surface area contributed by atoms with Crippen molar-refractivity contribution in [3.8, 4) is 56.4 Å². The van der Waals surface area contributed by atoms with Crippen molar-refractivity contribution in [1.29, 1.82) is 0 Å². The summed E-state index contributed by atoms with van der Waals surface area (Å²) in [6, 6.07) is 25.1. The fourth-order valence-corrected chi connectivity index (χ4v) is 5.36. The number of oxazole rings is 2. The molecule has 8 nitrogen and oxygen atoms in total. The summed E-state index contributed by atoms with van der Waals surface area (Å²) in [4.78, 5) is 27.7. The third-order valence-corrected chi connectivity index (χ3v) is 7.34. The lowest BCUT2D eigenvalue weighted by molar-refractivity contribution is 0.558. The molecule has 0 atom stereocenters. The highest BCUT2D eigenvalue weighted by atomic mass is 16.3. The van der Waals surface area contributed by atoms with E-state index in [1.165, 1.54) is 12.8 Å². The maximum atomic E-state index is 5.15. The van der Waals surface area contributed by atoms with Crippen LogP contribution in [0.25, 0.3) is 78.0 Å². The maximum absolute atomic E-state index is 5.15. The summed E-state index contributed by atoms with van der Waals surface area (Å²) in [5, 5.41) is 4.01. The van der Waals surface area contributed by atoms with Crippen LogP contribution in [-0.4, -0.2) is 29.9 Å². The average molecular weight is 545 g/mol. The van der Waals surface area contributed by atoms with Gasteiger partial charge in [0.15, 0.2) is 24.4 Å². The van der Waals surface area contributed by atoms with Gasteiger partial charge < -0.3 is 8.83 Å². The predicted molar refractivity (Wildman–Crippen MR) is 160 cm³/mol. The first-order valence-electron chi connectivity index (χ1n) is 13.3. The molecule has 42 heavy (non-hydrogen) atoms. The molecule has 0 aliphatic heterocycles. The van der Waals surface area contributed by atoms with Crippen molar-refractivity contribution in [3.63, 3.8) is 0 Å². The minimum atomic E-state index is 0.613. The molecule has 4 heterocycles. The van der Waals surface area contributed by atoms with Crippen LogP contribution < -0.4 is 0 Å². The molecule has 0 saturated carbocycles. The molecule has 0 bridgehead atoms. The van der Waals surface area contributed by atoms with E-state index in [1.807, 2.05) is 30.3 Å². The standard InChI is InChI=1S/C34H20N6O2/c1-2-6-21(7-3-1)22-10-11-27-28(12-22)32(34-37-15-24(16-38-34)30-18-42-20-40-30)26-9-5-4-8-25(26)31(27)33-35-13-23(14-36-33)29-17-41-19-39-29/h1-20H. The van der Waals surface area contributed by atoms with Crippen molar-refractivity contribution >= 4 is 21.5 Å². The highest BCUT2D eigenvalue weighted by Gasteiger charge is 2.20. The molecule has 0 unspecified atom stereocenters. The van der Waals surface area contributed by atoms with E-state index in [-0.39, 0.29) is 0 Å². The summed E-state index contributed by atoms with van der Waals surface area (Å²) in [5.41, 5.74) is 7.02. The van der Waals surface area contributed by atoms with Crippen LogP contribution in [0.4, 0.5) is 0 Å². The molecule has 0 fully saturated rings. The molecule has 0 aliphatic carbocycles. The van der Waals surface area contributed by atoms with Gasteiger partial charge in [-0.15, -0.1) is 0 Å². The second-order valence-corrected chi connectivity index (χ2v) is 9.76. The molecule has 4 aromatic carbocycles. The molecule has 8 rings (SSSR count). The normalized spacial score (nSPS) is 11.3. The van der Waals surface area contributed by atoms with Crippen LogP contribution in [0.3, 0.4) is 0 Å². The van der Waals surface area contributed by atoms with Gasteiger partial charge in [0.2, 0.25) is 0 Å². The summed E-state index contributed by atoms with van der Waals surface area (Å²) < 4.78 is 10.3. The Hall–Kier alpha value is -6.02. The Morgan fingerprint density at radius 2 is 0.905 bits per heavy atom. The van der Waals surface area contributed by atoms with Gasteiger partial charge in [0.25, 0.3) is 0 Å². The van der Waals surface area contributed by atoms with Crippen LogP contribution in [0.5, 0.6) is 0 Å². The fourth-order valence-electron chi connectivity index (χ4n) is 5.36. The van der Waals surface area contributed by atoms with E-state index in [9.17, 15) is 0 Å². The van der Waals surface area contributed by atoms with Gasteiger partial charge in [0, 0.05) is 47.0 Å². The van der Waals surface area contributed by atoms with E-state index in [0.717, 1.165) is 54.9 Å². The van der Waals surface area contributed by atoms with Gasteiger partial charge in [-0.2, -0.15) is 0 Å². The van der Waals surface area contributed by atoms with Gasteiger partial charge >= 0.3 is 0 Å². The van der Waals surface area contributed by atoms with E-state index in [1.54, 1.807) is 37.3 Å². The molecule has 4 aromatic heterocycles. The van der Waals surface area contributed by atoms with Crippen molar-refractivity contribution in [3.05, 3.63) is 123 Å². The second-order valence-electron chi connectivity index (χ2n) is 9.76. The summed E-state index contributed by atoms with van der Waals surface area (Å²) in [6.07, 6.45) is 13.1. The highest BCUT2D eigenvalue weighted by Crippen LogP contribution is 2.43. The summed E-state index contributed by atoms with van der Waals surface area (Å²) in [5.74, 6) is 1.23. The van der Waals surface area contributed by atoms with Crippen LogP contribution in [-0.2, 0) is 0 Å². The lowest BCUT2D eigenvalue weighted by atomic mass is 9.89. The Kier molecular flexibility index (Phi) is 5.60. The minimum absolute atomic E-state index is 0.613. The van der Waals surface area contributed by atoms with Crippen LogP contribution >= 0.6 is 0 Å². The molecule has 8 heteroatoms. The quantitative estimate of drug-likeness (QED) is 0.202. The monoisotopic (exact) mass is 544 g/mol. The van der Waals surface area contributed by atoms with Crippen LogP contribution in [0.1, 0.15) is 0 Å². The zero-order valence-electron chi connectivity index (χ0n) is 22.0. The van der Waals surface area contributed by atoms with Crippen molar-refractivity contribution in [1.82, 2.24) is 29.9 Å². The first-order valence-corrected chi connectivity index (χ1v) is 13.3. The zero-order valence-corrected chi connectivity index (χ0v) is 22.0. The Labute approximate surface area is 239 Å². The number of nitrogens with zero attached hydrogens (tertiary/aromatic N) is 6. The Morgan fingerprint density at radius 1 is 0.405 bits per heavy atom. The second kappa shape index (κ2) is 9.87. The first kappa shape index (κ1) is 23.8.